The number of anilines is 2. The molecule has 0 spiro atoms. The number of nitrogens with two attached hydrogens (primary N) is 1. The molecule has 0 aromatic heterocycles. The van der Waals surface area contributed by atoms with Gasteiger partial charge >= 0.3 is 12.2 Å². The summed E-state index contributed by atoms with van der Waals surface area (Å²) in [4.78, 5) is 22.8. The zero-order valence-electron chi connectivity index (χ0n) is 27.2. The van der Waals surface area contributed by atoms with Crippen LogP contribution >= 0.6 is 15.9 Å². The Bertz CT molecular complexity index is 1000. The van der Waals surface area contributed by atoms with Gasteiger partial charge in [0.1, 0.15) is 11.2 Å². The molecule has 43 heavy (non-hydrogen) atoms. The molecule has 2 aromatic rings. The van der Waals surface area contributed by atoms with Crippen molar-refractivity contribution in [2.75, 3.05) is 63.4 Å². The zero-order chi connectivity index (χ0) is 32.7. The van der Waals surface area contributed by atoms with Crippen LogP contribution in [0.15, 0.2) is 48.5 Å². The SMILES string of the molecule is CC(C)(C)OC(=O)NCCc1ccc(N)cc1.COCCBr.COCCNc1ccc(CCNC(=O)OC(C)(C)C)cc1. The van der Waals surface area contributed by atoms with Crippen LogP contribution in [0.5, 0.6) is 0 Å². The van der Waals surface area contributed by atoms with Crippen molar-refractivity contribution in [1.82, 2.24) is 10.6 Å². The molecule has 2 rings (SSSR count). The Morgan fingerprint density at radius 2 is 1.12 bits per heavy atom. The highest BCUT2D eigenvalue weighted by atomic mass is 79.9. The summed E-state index contributed by atoms with van der Waals surface area (Å²) >= 11 is 3.18. The van der Waals surface area contributed by atoms with Gasteiger partial charge in [-0.1, -0.05) is 40.2 Å². The first-order valence-corrected chi connectivity index (χ1v) is 15.5. The van der Waals surface area contributed by atoms with Crippen molar-refractivity contribution in [2.45, 2.75) is 65.6 Å². The first-order valence-electron chi connectivity index (χ1n) is 14.3. The number of alkyl carbamates (subject to hydrolysis) is 2. The van der Waals surface area contributed by atoms with Crippen molar-refractivity contribution in [2.24, 2.45) is 0 Å². The molecular formula is C32H53BrN4O6. The number of methoxy groups -OCH3 is 2. The summed E-state index contributed by atoms with van der Waals surface area (Å²) in [5.41, 5.74) is 8.79. The first-order chi connectivity index (χ1) is 20.2. The van der Waals surface area contributed by atoms with Crippen LogP contribution in [0.3, 0.4) is 0 Å². The van der Waals surface area contributed by atoms with E-state index in [-0.39, 0.29) is 12.2 Å². The lowest BCUT2D eigenvalue weighted by atomic mass is 10.1. The number of amides is 2. The predicted molar refractivity (Wildman–Crippen MR) is 179 cm³/mol. The Balaban J connectivity index is 0.000000720. The number of nitrogens with one attached hydrogen (secondary N) is 3. The molecule has 0 atom stereocenters. The van der Waals surface area contributed by atoms with Crippen LogP contribution in [-0.2, 0) is 31.8 Å². The van der Waals surface area contributed by atoms with Crippen LogP contribution in [0, 0.1) is 0 Å². The Morgan fingerprint density at radius 1 is 0.698 bits per heavy atom. The van der Waals surface area contributed by atoms with E-state index in [1.54, 1.807) is 14.2 Å². The summed E-state index contributed by atoms with van der Waals surface area (Å²) in [5, 5.41) is 9.65. The van der Waals surface area contributed by atoms with Gasteiger partial charge in [-0.2, -0.15) is 0 Å². The average molecular weight is 670 g/mol. The minimum absolute atomic E-state index is 0.375. The molecule has 0 bridgehead atoms. The molecule has 0 radical (unpaired) electrons. The van der Waals surface area contributed by atoms with Crippen molar-refractivity contribution >= 4 is 39.5 Å². The van der Waals surface area contributed by atoms with Gasteiger partial charge in [0, 0.05) is 50.6 Å². The van der Waals surface area contributed by atoms with E-state index in [1.165, 1.54) is 5.56 Å². The van der Waals surface area contributed by atoms with E-state index in [4.69, 9.17) is 19.9 Å². The van der Waals surface area contributed by atoms with Crippen LogP contribution in [0.1, 0.15) is 52.7 Å². The molecule has 2 amide bonds. The van der Waals surface area contributed by atoms with Gasteiger partial charge < -0.3 is 40.6 Å². The predicted octanol–water partition coefficient (Wildman–Crippen LogP) is 6.18. The largest absolute Gasteiger partial charge is 0.444 e. The summed E-state index contributed by atoms with van der Waals surface area (Å²) in [7, 11) is 3.36. The highest BCUT2D eigenvalue weighted by Crippen LogP contribution is 2.10. The number of halogens is 1. The minimum atomic E-state index is -0.459. The van der Waals surface area contributed by atoms with Gasteiger partial charge in [-0.3, -0.25) is 0 Å². The molecule has 0 saturated carbocycles. The Kier molecular flexibility index (Phi) is 20.9. The molecule has 244 valence electrons. The third-order valence-electron chi connectivity index (χ3n) is 5.01. The molecule has 2 aromatic carbocycles. The normalized spacial score (nSPS) is 10.7. The molecule has 0 heterocycles. The third-order valence-corrected chi connectivity index (χ3v) is 5.34. The number of ether oxygens (including phenoxy) is 4. The summed E-state index contributed by atoms with van der Waals surface area (Å²) in [6, 6.07) is 15.7. The van der Waals surface area contributed by atoms with Crippen LogP contribution in [-0.4, -0.2) is 75.8 Å². The van der Waals surface area contributed by atoms with E-state index in [0.29, 0.717) is 19.7 Å². The van der Waals surface area contributed by atoms with Crippen molar-refractivity contribution < 1.29 is 28.5 Å². The highest BCUT2D eigenvalue weighted by molar-refractivity contribution is 9.09. The van der Waals surface area contributed by atoms with Gasteiger partial charge in [0.15, 0.2) is 0 Å². The molecule has 0 aliphatic heterocycles. The molecule has 0 saturated heterocycles. The maximum Gasteiger partial charge on any atom is 0.407 e. The number of carbonyl (C=O) groups is 2. The maximum atomic E-state index is 11.5. The van der Waals surface area contributed by atoms with Gasteiger partial charge in [0.25, 0.3) is 0 Å². The monoisotopic (exact) mass is 668 g/mol. The van der Waals surface area contributed by atoms with Crippen molar-refractivity contribution in [3.05, 3.63) is 59.7 Å². The van der Waals surface area contributed by atoms with Crippen LogP contribution in [0.2, 0.25) is 0 Å². The van der Waals surface area contributed by atoms with E-state index in [9.17, 15) is 9.59 Å². The fourth-order valence-corrected chi connectivity index (χ4v) is 3.42. The van der Waals surface area contributed by atoms with E-state index < -0.39 is 11.2 Å². The topological polar surface area (TPSA) is 133 Å². The zero-order valence-corrected chi connectivity index (χ0v) is 28.8. The Hall–Kier alpha value is -3.02. The molecule has 0 aliphatic rings. The van der Waals surface area contributed by atoms with Gasteiger partial charge in [-0.25, -0.2) is 9.59 Å². The second kappa shape index (κ2) is 22.5. The van der Waals surface area contributed by atoms with E-state index in [0.717, 1.165) is 48.3 Å². The van der Waals surface area contributed by atoms with Gasteiger partial charge in [-0.15, -0.1) is 0 Å². The van der Waals surface area contributed by atoms with Crippen LogP contribution in [0.25, 0.3) is 0 Å². The molecule has 10 nitrogen and oxygen atoms in total. The number of alkyl halides is 1. The third kappa shape index (κ3) is 25.2. The number of rotatable bonds is 12. The van der Waals surface area contributed by atoms with E-state index >= 15 is 0 Å². The van der Waals surface area contributed by atoms with Gasteiger partial charge in [-0.05, 0) is 89.8 Å². The number of benzene rings is 2. The lowest BCUT2D eigenvalue weighted by Gasteiger charge is -2.19. The average Bonchev–Trinajstić information content (AvgIpc) is 2.90. The molecule has 5 N–H and O–H groups in total. The minimum Gasteiger partial charge on any atom is -0.444 e. The Morgan fingerprint density at radius 3 is 1.47 bits per heavy atom. The lowest BCUT2D eigenvalue weighted by molar-refractivity contribution is 0.0517. The fourth-order valence-electron chi connectivity index (χ4n) is 3.09. The quantitative estimate of drug-likeness (QED) is 0.120. The number of nitrogen functional groups attached to an aromatic ring is 1. The smallest absolute Gasteiger partial charge is 0.407 e. The van der Waals surface area contributed by atoms with Crippen molar-refractivity contribution in [1.29, 1.82) is 0 Å². The first kappa shape index (κ1) is 40.0. The fraction of sp³-hybridized carbons (Fsp3) is 0.562. The maximum absolute atomic E-state index is 11.5. The second-order valence-corrected chi connectivity index (χ2v) is 12.2. The van der Waals surface area contributed by atoms with Crippen molar-refractivity contribution in [3.8, 4) is 0 Å². The molecule has 11 heteroatoms. The van der Waals surface area contributed by atoms with Crippen LogP contribution in [0.4, 0.5) is 21.0 Å². The van der Waals surface area contributed by atoms with Crippen molar-refractivity contribution in [3.63, 3.8) is 0 Å². The summed E-state index contributed by atoms with van der Waals surface area (Å²) in [6.07, 6.45) is 0.783. The number of hydrogen-bond acceptors (Lipinski definition) is 8. The van der Waals surface area contributed by atoms with E-state index in [1.807, 2.05) is 90.1 Å². The molecular weight excluding hydrogens is 616 g/mol. The lowest BCUT2D eigenvalue weighted by Crippen LogP contribution is -2.33. The Labute approximate surface area is 266 Å². The molecule has 0 aliphatic carbocycles. The highest BCUT2D eigenvalue weighted by Gasteiger charge is 2.16. The molecule has 0 unspecified atom stereocenters. The summed E-state index contributed by atoms with van der Waals surface area (Å²) < 4.78 is 19.9. The van der Waals surface area contributed by atoms with E-state index in [2.05, 4.69) is 36.6 Å². The van der Waals surface area contributed by atoms with Crippen LogP contribution < -0.4 is 21.7 Å². The standard InChI is InChI=1S/C16H26N2O3.C13H20N2O2.C3H7BrO/c1-16(2,3)21-15(19)18-10-9-13-5-7-14(8-6-13)17-11-12-20-4;1-13(2,3)17-12(16)15-9-8-10-4-6-11(14)7-5-10;1-5-3-2-4/h5-8,17H,9-12H2,1-4H3,(H,18,19);4-7H,8-9,14H2,1-3H3,(H,15,16);2-3H2,1H3. The summed E-state index contributed by atoms with van der Waals surface area (Å²) in [5.74, 6) is 0. The van der Waals surface area contributed by atoms with Gasteiger partial charge in [0.05, 0.1) is 13.2 Å². The molecule has 0 fully saturated rings. The number of carbonyl (C=O) groups excluding carboxylic acids is 2. The summed E-state index contributed by atoms with van der Waals surface area (Å²) in [6.45, 7) is 14.5. The second-order valence-electron chi connectivity index (χ2n) is 11.4. The van der Waals surface area contributed by atoms with Gasteiger partial charge in [0.2, 0.25) is 0 Å². The number of hydrogen-bond donors (Lipinski definition) is 4.